The second-order valence-electron chi connectivity index (χ2n) is 7.10. The molecule has 1 aromatic rings. The van der Waals surface area contributed by atoms with Crippen LogP contribution in [0.25, 0.3) is 0 Å². The fourth-order valence-electron chi connectivity index (χ4n) is 4.17. The predicted octanol–water partition coefficient (Wildman–Crippen LogP) is 2.57. The fraction of sp³-hybridized carbons (Fsp3) is 0.611. The minimum Gasteiger partial charge on any atom is -0.396 e. The number of carbonyl (C=O) groups is 1. The van der Waals surface area contributed by atoms with Crippen molar-refractivity contribution in [2.24, 2.45) is 5.41 Å². The highest BCUT2D eigenvalue weighted by Gasteiger charge is 2.47. The van der Waals surface area contributed by atoms with E-state index in [-0.39, 0.29) is 24.0 Å². The van der Waals surface area contributed by atoms with Gasteiger partial charge in [-0.15, -0.1) is 0 Å². The number of benzene rings is 1. The molecule has 3 rings (SSSR count). The van der Waals surface area contributed by atoms with Crippen molar-refractivity contribution in [2.45, 2.75) is 32.2 Å². The molecule has 2 atom stereocenters. The van der Waals surface area contributed by atoms with Crippen LogP contribution in [0.5, 0.6) is 0 Å². The van der Waals surface area contributed by atoms with E-state index in [0.29, 0.717) is 23.7 Å². The molecule has 0 radical (unpaired) electrons. The number of hydrogen-bond acceptors (Lipinski definition) is 3. The van der Waals surface area contributed by atoms with Crippen molar-refractivity contribution in [1.29, 1.82) is 0 Å². The first kappa shape index (κ1) is 16.7. The van der Waals surface area contributed by atoms with Crippen molar-refractivity contribution in [3.8, 4) is 0 Å². The van der Waals surface area contributed by atoms with Gasteiger partial charge < -0.3 is 14.9 Å². The molecule has 2 saturated heterocycles. The highest BCUT2D eigenvalue weighted by molar-refractivity contribution is 6.33. The smallest absolute Gasteiger partial charge is 0.255 e. The summed E-state index contributed by atoms with van der Waals surface area (Å²) in [5.74, 6) is 0.00390. The Labute approximate surface area is 143 Å². The maximum absolute atomic E-state index is 12.9. The van der Waals surface area contributed by atoms with E-state index < -0.39 is 0 Å². The molecule has 0 saturated carbocycles. The van der Waals surface area contributed by atoms with Crippen LogP contribution in [0, 0.1) is 12.3 Å². The summed E-state index contributed by atoms with van der Waals surface area (Å²) in [5.41, 5.74) is 1.57. The lowest BCUT2D eigenvalue weighted by Crippen LogP contribution is -2.62. The van der Waals surface area contributed by atoms with Gasteiger partial charge in [-0.2, -0.15) is 0 Å². The molecule has 126 valence electrons. The molecule has 5 heteroatoms. The van der Waals surface area contributed by atoms with E-state index in [0.717, 1.165) is 31.4 Å². The topological polar surface area (TPSA) is 43.8 Å². The van der Waals surface area contributed by atoms with E-state index in [2.05, 4.69) is 11.9 Å². The SMILES string of the molecule is Cc1ccc(Cl)c(C(=O)N2CC[C@@]3(CO)CCCN(C)[C@@H]3C2)c1. The van der Waals surface area contributed by atoms with E-state index in [1.165, 1.54) is 0 Å². The van der Waals surface area contributed by atoms with Gasteiger partial charge in [-0.05, 0) is 51.9 Å². The Hall–Kier alpha value is -1.10. The summed E-state index contributed by atoms with van der Waals surface area (Å²) in [4.78, 5) is 17.1. The first-order valence-electron chi connectivity index (χ1n) is 8.33. The Balaban J connectivity index is 1.83. The third-order valence-corrected chi connectivity index (χ3v) is 5.98. The van der Waals surface area contributed by atoms with E-state index in [9.17, 15) is 9.90 Å². The van der Waals surface area contributed by atoms with Gasteiger partial charge in [0, 0.05) is 24.5 Å². The van der Waals surface area contributed by atoms with Crippen LogP contribution in [-0.4, -0.2) is 60.1 Å². The molecule has 1 N–H and O–H groups in total. The number of halogens is 1. The summed E-state index contributed by atoms with van der Waals surface area (Å²) in [6.45, 7) is 4.55. The predicted molar refractivity (Wildman–Crippen MR) is 91.9 cm³/mol. The average molecular weight is 337 g/mol. The van der Waals surface area contributed by atoms with Gasteiger partial charge in [0.05, 0.1) is 17.2 Å². The van der Waals surface area contributed by atoms with Crippen LogP contribution in [0.15, 0.2) is 18.2 Å². The summed E-state index contributed by atoms with van der Waals surface area (Å²) in [6, 6.07) is 5.80. The lowest BCUT2D eigenvalue weighted by Gasteiger charge is -2.53. The van der Waals surface area contributed by atoms with Gasteiger partial charge in [0.1, 0.15) is 0 Å². The van der Waals surface area contributed by atoms with Crippen molar-refractivity contribution < 1.29 is 9.90 Å². The van der Waals surface area contributed by atoms with Crippen molar-refractivity contribution >= 4 is 17.5 Å². The second-order valence-corrected chi connectivity index (χ2v) is 7.51. The van der Waals surface area contributed by atoms with Crippen molar-refractivity contribution in [3.05, 3.63) is 34.3 Å². The zero-order valence-electron chi connectivity index (χ0n) is 13.9. The van der Waals surface area contributed by atoms with Gasteiger partial charge in [-0.3, -0.25) is 4.79 Å². The first-order valence-corrected chi connectivity index (χ1v) is 8.71. The molecule has 2 heterocycles. The number of fused-ring (bicyclic) bond motifs is 1. The van der Waals surface area contributed by atoms with Gasteiger partial charge in [0.2, 0.25) is 0 Å². The lowest BCUT2D eigenvalue weighted by atomic mass is 9.69. The van der Waals surface area contributed by atoms with Crippen LogP contribution < -0.4 is 0 Å². The number of nitrogens with zero attached hydrogens (tertiary/aromatic N) is 2. The number of aryl methyl sites for hydroxylation is 1. The highest BCUT2D eigenvalue weighted by Crippen LogP contribution is 2.41. The normalized spacial score (nSPS) is 28.5. The molecule has 0 spiro atoms. The molecular formula is C18H25ClN2O2. The van der Waals surface area contributed by atoms with Crippen LogP contribution in [0.2, 0.25) is 5.02 Å². The number of piperidine rings is 2. The third kappa shape index (κ3) is 3.00. The monoisotopic (exact) mass is 336 g/mol. The number of likely N-dealkylation sites (N-methyl/N-ethyl adjacent to an activating group) is 1. The quantitative estimate of drug-likeness (QED) is 0.902. The Morgan fingerprint density at radius 1 is 1.39 bits per heavy atom. The molecule has 1 amide bonds. The Morgan fingerprint density at radius 3 is 2.91 bits per heavy atom. The Morgan fingerprint density at radius 2 is 2.17 bits per heavy atom. The highest BCUT2D eigenvalue weighted by atomic mass is 35.5. The first-order chi connectivity index (χ1) is 11.0. The summed E-state index contributed by atoms with van der Waals surface area (Å²) in [7, 11) is 2.10. The van der Waals surface area contributed by atoms with Crippen LogP contribution in [0.4, 0.5) is 0 Å². The molecule has 0 bridgehead atoms. The van der Waals surface area contributed by atoms with Crippen molar-refractivity contribution in [3.63, 3.8) is 0 Å². The molecular weight excluding hydrogens is 312 g/mol. The van der Waals surface area contributed by atoms with E-state index in [4.69, 9.17) is 11.6 Å². The molecule has 2 aliphatic heterocycles. The lowest BCUT2D eigenvalue weighted by molar-refractivity contribution is -0.0601. The molecule has 2 aliphatic rings. The minimum absolute atomic E-state index is 0.00390. The molecule has 2 fully saturated rings. The largest absolute Gasteiger partial charge is 0.396 e. The van der Waals surface area contributed by atoms with Gasteiger partial charge in [-0.25, -0.2) is 0 Å². The maximum atomic E-state index is 12.9. The van der Waals surface area contributed by atoms with Gasteiger partial charge >= 0.3 is 0 Å². The third-order valence-electron chi connectivity index (χ3n) is 5.65. The summed E-state index contributed by atoms with van der Waals surface area (Å²) in [5, 5.41) is 10.5. The summed E-state index contributed by atoms with van der Waals surface area (Å²) >= 11 is 6.23. The minimum atomic E-state index is -0.0554. The molecule has 1 aromatic carbocycles. The van der Waals surface area contributed by atoms with Gasteiger partial charge in [0.15, 0.2) is 0 Å². The number of hydrogen-bond donors (Lipinski definition) is 1. The van der Waals surface area contributed by atoms with Crippen molar-refractivity contribution in [2.75, 3.05) is 33.3 Å². The zero-order chi connectivity index (χ0) is 16.6. The van der Waals surface area contributed by atoms with Gasteiger partial charge in [-0.1, -0.05) is 23.2 Å². The van der Waals surface area contributed by atoms with E-state index in [1.807, 2.05) is 24.0 Å². The molecule has 0 aliphatic carbocycles. The van der Waals surface area contributed by atoms with Crippen molar-refractivity contribution in [1.82, 2.24) is 9.80 Å². The average Bonchev–Trinajstić information content (AvgIpc) is 2.56. The number of carbonyl (C=O) groups excluding carboxylic acids is 1. The van der Waals surface area contributed by atoms with E-state index >= 15 is 0 Å². The molecule has 0 aromatic heterocycles. The van der Waals surface area contributed by atoms with Crippen LogP contribution in [0.3, 0.4) is 0 Å². The Kier molecular flexibility index (Phi) is 4.68. The number of aliphatic hydroxyl groups excluding tert-OH is 1. The van der Waals surface area contributed by atoms with Crippen LogP contribution in [0.1, 0.15) is 35.2 Å². The number of amides is 1. The summed E-state index contributed by atoms with van der Waals surface area (Å²) in [6.07, 6.45) is 3.02. The van der Waals surface area contributed by atoms with E-state index in [1.54, 1.807) is 6.07 Å². The van der Waals surface area contributed by atoms with Crippen LogP contribution in [-0.2, 0) is 0 Å². The number of aliphatic hydroxyl groups is 1. The van der Waals surface area contributed by atoms with Crippen LogP contribution >= 0.6 is 11.6 Å². The second kappa shape index (κ2) is 6.42. The fourth-order valence-corrected chi connectivity index (χ4v) is 4.37. The maximum Gasteiger partial charge on any atom is 0.255 e. The summed E-state index contributed by atoms with van der Waals surface area (Å²) < 4.78 is 0. The standard InChI is InChI=1S/C18H25ClN2O2/c1-13-4-5-15(19)14(10-13)17(23)21-9-7-18(12-22)6-3-8-20(2)16(18)11-21/h4-5,10,16,22H,3,6-9,11-12H2,1-2H3/t16-,18-/m1/s1. The molecule has 23 heavy (non-hydrogen) atoms. The van der Waals surface area contributed by atoms with Gasteiger partial charge in [0.25, 0.3) is 5.91 Å². The molecule has 4 nitrogen and oxygen atoms in total. The Bertz CT molecular complexity index is 607. The molecule has 0 unspecified atom stereocenters. The number of rotatable bonds is 2. The number of likely N-dealkylation sites (tertiary alicyclic amines) is 2. The zero-order valence-corrected chi connectivity index (χ0v) is 14.6.